The van der Waals surface area contributed by atoms with E-state index in [4.69, 9.17) is 20.4 Å². The fourth-order valence-electron chi connectivity index (χ4n) is 3.40. The number of nitrogens with zero attached hydrogens (tertiary/aromatic N) is 3. The van der Waals surface area contributed by atoms with E-state index in [0.29, 0.717) is 23.7 Å². The highest BCUT2D eigenvalue weighted by molar-refractivity contribution is 6.30. The summed E-state index contributed by atoms with van der Waals surface area (Å²) in [4.78, 5) is 15.3. The summed E-state index contributed by atoms with van der Waals surface area (Å²) in [6.07, 6.45) is 3.83. The highest BCUT2D eigenvalue weighted by Crippen LogP contribution is 2.34. The number of carbonyl (C=O) groups is 1. The van der Waals surface area contributed by atoms with E-state index >= 15 is 0 Å². The van der Waals surface area contributed by atoms with E-state index in [9.17, 15) is 4.79 Å². The van der Waals surface area contributed by atoms with E-state index in [1.807, 2.05) is 67.4 Å². The quantitative estimate of drug-likeness (QED) is 0.588. The van der Waals surface area contributed by atoms with Crippen molar-refractivity contribution in [1.29, 1.82) is 0 Å². The number of amides is 1. The molecular formula is C22H22ClN3O3. The molecule has 1 aliphatic rings. The van der Waals surface area contributed by atoms with Crippen LogP contribution >= 0.6 is 11.6 Å². The average Bonchev–Trinajstić information content (AvgIpc) is 3.48. The van der Waals surface area contributed by atoms with Gasteiger partial charge in [-0.15, -0.1) is 0 Å². The van der Waals surface area contributed by atoms with Gasteiger partial charge in [-0.3, -0.25) is 9.69 Å². The summed E-state index contributed by atoms with van der Waals surface area (Å²) >= 11 is 6.01. The molecule has 0 saturated carbocycles. The SMILES string of the molecule is C[C@H](C(=O)N1N=C(c2ccc(Cl)cc2)C[C@H]1c1ccco1)N(C)Cc1ccco1. The van der Waals surface area contributed by atoms with Crippen LogP contribution < -0.4 is 0 Å². The molecule has 0 aliphatic carbocycles. The summed E-state index contributed by atoms with van der Waals surface area (Å²) in [5.74, 6) is 1.43. The molecule has 29 heavy (non-hydrogen) atoms. The highest BCUT2D eigenvalue weighted by Gasteiger charge is 2.37. The Bertz CT molecular complexity index is 981. The van der Waals surface area contributed by atoms with Gasteiger partial charge in [-0.1, -0.05) is 23.7 Å². The number of carbonyl (C=O) groups excluding carboxylic acids is 1. The molecule has 7 heteroatoms. The van der Waals surface area contributed by atoms with Crippen molar-refractivity contribution < 1.29 is 13.6 Å². The van der Waals surface area contributed by atoms with Crippen LogP contribution in [0.3, 0.4) is 0 Å². The summed E-state index contributed by atoms with van der Waals surface area (Å²) < 4.78 is 11.0. The molecule has 3 aromatic rings. The fraction of sp³-hybridized carbons (Fsp3) is 0.273. The molecule has 0 N–H and O–H groups in total. The van der Waals surface area contributed by atoms with Gasteiger partial charge in [0.15, 0.2) is 0 Å². The van der Waals surface area contributed by atoms with Crippen molar-refractivity contribution in [1.82, 2.24) is 9.91 Å². The van der Waals surface area contributed by atoms with Crippen LogP contribution in [-0.4, -0.2) is 34.6 Å². The molecule has 0 saturated heterocycles. The molecule has 2 aromatic heterocycles. The van der Waals surface area contributed by atoms with Gasteiger partial charge in [0.05, 0.1) is 30.8 Å². The number of halogens is 1. The Morgan fingerprint density at radius 2 is 1.93 bits per heavy atom. The van der Waals surface area contributed by atoms with Crippen molar-refractivity contribution in [2.75, 3.05) is 7.05 Å². The zero-order valence-corrected chi connectivity index (χ0v) is 17.0. The Labute approximate surface area is 174 Å². The van der Waals surface area contributed by atoms with Crippen LogP contribution in [-0.2, 0) is 11.3 Å². The molecular weight excluding hydrogens is 390 g/mol. The third-order valence-electron chi connectivity index (χ3n) is 5.19. The minimum absolute atomic E-state index is 0.0931. The van der Waals surface area contributed by atoms with E-state index < -0.39 is 0 Å². The van der Waals surface area contributed by atoms with Crippen LogP contribution in [0.1, 0.15) is 36.5 Å². The van der Waals surface area contributed by atoms with Gasteiger partial charge in [0.1, 0.15) is 17.6 Å². The predicted molar refractivity (Wildman–Crippen MR) is 111 cm³/mol. The molecule has 0 bridgehead atoms. The van der Waals surface area contributed by atoms with Crippen LogP contribution in [0.15, 0.2) is 75.0 Å². The summed E-state index contributed by atoms with van der Waals surface area (Å²) in [6.45, 7) is 2.41. The van der Waals surface area contributed by atoms with Gasteiger partial charge in [0.25, 0.3) is 5.91 Å². The molecule has 0 spiro atoms. The second-order valence-electron chi connectivity index (χ2n) is 7.14. The van der Waals surface area contributed by atoms with Crippen LogP contribution in [0.2, 0.25) is 5.02 Å². The highest BCUT2D eigenvalue weighted by atomic mass is 35.5. The molecule has 3 heterocycles. The zero-order chi connectivity index (χ0) is 20.4. The second-order valence-corrected chi connectivity index (χ2v) is 7.58. The lowest BCUT2D eigenvalue weighted by Gasteiger charge is -2.28. The van der Waals surface area contributed by atoms with Crippen molar-refractivity contribution in [2.24, 2.45) is 5.10 Å². The fourth-order valence-corrected chi connectivity index (χ4v) is 3.52. The molecule has 1 aliphatic heterocycles. The molecule has 4 rings (SSSR count). The van der Waals surface area contributed by atoms with Gasteiger partial charge in [-0.05, 0) is 55.9 Å². The summed E-state index contributed by atoms with van der Waals surface area (Å²) in [5, 5.41) is 6.88. The van der Waals surface area contributed by atoms with Gasteiger partial charge < -0.3 is 8.83 Å². The molecule has 2 atom stereocenters. The Balaban J connectivity index is 1.58. The Hall–Kier alpha value is -2.83. The summed E-state index contributed by atoms with van der Waals surface area (Å²) in [6, 6.07) is 14.3. The van der Waals surface area contributed by atoms with E-state index in [1.165, 1.54) is 0 Å². The van der Waals surface area contributed by atoms with Crippen LogP contribution in [0.25, 0.3) is 0 Å². The zero-order valence-electron chi connectivity index (χ0n) is 16.3. The van der Waals surface area contributed by atoms with Crippen molar-refractivity contribution in [3.8, 4) is 0 Å². The standard InChI is InChI=1S/C22H22ClN3O3/c1-15(25(2)14-18-5-3-11-28-18)22(27)26-20(21-6-4-12-29-21)13-19(24-26)16-7-9-17(23)10-8-16/h3-12,15,20H,13-14H2,1-2H3/t15-,20+/m1/s1. The Kier molecular flexibility index (Phi) is 5.56. The molecule has 0 fully saturated rings. The first-order valence-corrected chi connectivity index (χ1v) is 9.83. The maximum absolute atomic E-state index is 13.3. The first kappa shape index (κ1) is 19.5. The topological polar surface area (TPSA) is 62.2 Å². The van der Waals surface area contributed by atoms with Crippen molar-refractivity contribution in [3.63, 3.8) is 0 Å². The van der Waals surface area contributed by atoms with Crippen LogP contribution in [0.4, 0.5) is 0 Å². The largest absolute Gasteiger partial charge is 0.468 e. The first-order valence-electron chi connectivity index (χ1n) is 9.45. The average molecular weight is 412 g/mol. The maximum atomic E-state index is 13.3. The lowest BCUT2D eigenvalue weighted by atomic mass is 10.0. The smallest absolute Gasteiger partial charge is 0.260 e. The van der Waals surface area contributed by atoms with E-state index in [0.717, 1.165) is 17.0 Å². The molecule has 0 radical (unpaired) electrons. The maximum Gasteiger partial charge on any atom is 0.260 e. The summed E-state index contributed by atoms with van der Waals surface area (Å²) in [7, 11) is 1.90. The van der Waals surface area contributed by atoms with Gasteiger partial charge in [0, 0.05) is 11.4 Å². The Morgan fingerprint density at radius 3 is 2.59 bits per heavy atom. The minimum Gasteiger partial charge on any atom is -0.468 e. The van der Waals surface area contributed by atoms with Crippen molar-refractivity contribution in [2.45, 2.75) is 32.0 Å². The molecule has 150 valence electrons. The Morgan fingerprint density at radius 1 is 1.21 bits per heavy atom. The number of furan rings is 2. The predicted octanol–water partition coefficient (Wildman–Crippen LogP) is 4.72. The molecule has 1 amide bonds. The van der Waals surface area contributed by atoms with E-state index in [1.54, 1.807) is 17.5 Å². The first-order chi connectivity index (χ1) is 14.0. The third-order valence-corrected chi connectivity index (χ3v) is 5.44. The number of hydrogen-bond donors (Lipinski definition) is 0. The molecule has 6 nitrogen and oxygen atoms in total. The van der Waals surface area contributed by atoms with E-state index in [-0.39, 0.29) is 18.0 Å². The number of benzene rings is 1. The normalized spacial score (nSPS) is 17.6. The van der Waals surface area contributed by atoms with Gasteiger partial charge >= 0.3 is 0 Å². The number of likely N-dealkylation sites (N-methyl/N-ethyl adjacent to an activating group) is 1. The van der Waals surface area contributed by atoms with Gasteiger partial charge in [-0.2, -0.15) is 5.10 Å². The minimum atomic E-state index is -0.383. The van der Waals surface area contributed by atoms with Crippen molar-refractivity contribution >= 4 is 23.2 Å². The number of hydrazone groups is 1. The second kappa shape index (κ2) is 8.27. The monoisotopic (exact) mass is 411 g/mol. The third kappa shape index (κ3) is 4.13. The lowest BCUT2D eigenvalue weighted by Crippen LogP contribution is -2.43. The number of hydrogen-bond acceptors (Lipinski definition) is 5. The van der Waals surface area contributed by atoms with Crippen molar-refractivity contribution in [3.05, 3.63) is 83.2 Å². The van der Waals surface area contributed by atoms with Gasteiger partial charge in [0.2, 0.25) is 0 Å². The summed E-state index contributed by atoms with van der Waals surface area (Å²) in [5.41, 5.74) is 1.77. The van der Waals surface area contributed by atoms with Gasteiger partial charge in [-0.25, -0.2) is 5.01 Å². The lowest BCUT2D eigenvalue weighted by molar-refractivity contribution is -0.138. The molecule has 1 aromatic carbocycles. The number of rotatable bonds is 6. The van der Waals surface area contributed by atoms with E-state index in [2.05, 4.69) is 5.10 Å². The molecule has 0 unspecified atom stereocenters. The van der Waals surface area contributed by atoms with Crippen LogP contribution in [0, 0.1) is 0 Å². The van der Waals surface area contributed by atoms with Crippen LogP contribution in [0.5, 0.6) is 0 Å².